The average molecular weight is 385 g/mol. The summed E-state index contributed by atoms with van der Waals surface area (Å²) in [7, 11) is 1.68. The molecule has 1 saturated heterocycles. The van der Waals surface area contributed by atoms with Gasteiger partial charge in [-0.25, -0.2) is 0 Å². The molecule has 1 fully saturated rings. The van der Waals surface area contributed by atoms with Gasteiger partial charge in [-0.05, 0) is 48.4 Å². The van der Waals surface area contributed by atoms with Crippen LogP contribution in [-0.4, -0.2) is 62.6 Å². The van der Waals surface area contributed by atoms with Crippen LogP contribution >= 0.6 is 0 Å². The maximum atomic E-state index is 10.3. The van der Waals surface area contributed by atoms with Gasteiger partial charge < -0.3 is 19.5 Å². The van der Waals surface area contributed by atoms with Gasteiger partial charge in [-0.1, -0.05) is 25.5 Å². The number of ether oxygens (including phenoxy) is 2. The van der Waals surface area contributed by atoms with Crippen molar-refractivity contribution in [2.24, 2.45) is 0 Å². The Kier molecular flexibility index (Phi) is 7.57. The predicted molar refractivity (Wildman–Crippen MR) is 114 cm³/mol. The van der Waals surface area contributed by atoms with E-state index in [1.807, 2.05) is 24.3 Å². The summed E-state index contributed by atoms with van der Waals surface area (Å²) in [5.74, 6) is 1.70. The molecule has 0 aromatic heterocycles. The Labute approximate surface area is 168 Å². The third-order valence-corrected chi connectivity index (χ3v) is 5.18. The Hall–Kier alpha value is -2.24. The lowest BCUT2D eigenvalue weighted by Crippen LogP contribution is -2.49. The monoisotopic (exact) mass is 384 g/mol. The number of aryl methyl sites for hydroxylation is 1. The van der Waals surface area contributed by atoms with E-state index in [0.717, 1.165) is 50.5 Å². The molecule has 1 aliphatic rings. The first-order valence-electron chi connectivity index (χ1n) is 10.2. The minimum Gasteiger partial charge on any atom is -0.497 e. The van der Waals surface area contributed by atoms with Gasteiger partial charge in [0.1, 0.15) is 24.2 Å². The summed E-state index contributed by atoms with van der Waals surface area (Å²) in [6, 6.07) is 16.4. The minimum absolute atomic E-state index is 0.325. The molecule has 1 heterocycles. The molecule has 2 aromatic rings. The Balaban J connectivity index is 1.38. The summed E-state index contributed by atoms with van der Waals surface area (Å²) < 4.78 is 11.0. The number of nitrogens with zero attached hydrogens (tertiary/aromatic N) is 2. The molecular formula is C23H32N2O3. The summed E-state index contributed by atoms with van der Waals surface area (Å²) in [5.41, 5.74) is 2.54. The molecule has 0 radical (unpaired) electrons. The van der Waals surface area contributed by atoms with Crippen LogP contribution in [0.3, 0.4) is 0 Å². The van der Waals surface area contributed by atoms with E-state index in [9.17, 15) is 5.11 Å². The molecule has 5 nitrogen and oxygen atoms in total. The zero-order valence-electron chi connectivity index (χ0n) is 17.0. The standard InChI is InChI=1S/C23H32N2O3/c1-3-4-19-5-9-23(10-6-19)28-18-21(26)17-24-13-15-25(16-14-24)20-7-11-22(27-2)12-8-20/h5-12,21,26H,3-4,13-18H2,1-2H3/t21-/m1/s1. The van der Waals surface area contributed by atoms with Gasteiger partial charge in [0, 0.05) is 38.4 Å². The van der Waals surface area contributed by atoms with Crippen LogP contribution in [0.4, 0.5) is 5.69 Å². The molecule has 0 unspecified atom stereocenters. The molecule has 1 N–H and O–H groups in total. The van der Waals surface area contributed by atoms with Gasteiger partial charge in [0.25, 0.3) is 0 Å². The van der Waals surface area contributed by atoms with Crippen molar-refractivity contribution in [3.8, 4) is 11.5 Å². The lowest BCUT2D eigenvalue weighted by Gasteiger charge is -2.36. The minimum atomic E-state index is -0.483. The quantitative estimate of drug-likeness (QED) is 0.719. The van der Waals surface area contributed by atoms with E-state index in [1.165, 1.54) is 11.3 Å². The fraction of sp³-hybridized carbons (Fsp3) is 0.478. The number of piperazine rings is 1. The normalized spacial score (nSPS) is 16.0. The molecule has 0 saturated carbocycles. The zero-order chi connectivity index (χ0) is 19.8. The first-order valence-corrected chi connectivity index (χ1v) is 10.2. The van der Waals surface area contributed by atoms with Crippen molar-refractivity contribution in [1.82, 2.24) is 4.90 Å². The molecule has 0 aliphatic carbocycles. The van der Waals surface area contributed by atoms with Crippen molar-refractivity contribution in [1.29, 1.82) is 0 Å². The van der Waals surface area contributed by atoms with Crippen LogP contribution in [0.15, 0.2) is 48.5 Å². The van der Waals surface area contributed by atoms with Gasteiger partial charge >= 0.3 is 0 Å². The fourth-order valence-electron chi connectivity index (χ4n) is 3.57. The van der Waals surface area contributed by atoms with E-state index in [0.29, 0.717) is 13.2 Å². The first-order chi connectivity index (χ1) is 13.7. The largest absolute Gasteiger partial charge is 0.497 e. The Morgan fingerprint density at radius 3 is 2.18 bits per heavy atom. The number of anilines is 1. The van der Waals surface area contributed by atoms with Crippen molar-refractivity contribution >= 4 is 5.69 Å². The number of rotatable bonds is 9. The first kappa shape index (κ1) is 20.5. The predicted octanol–water partition coefficient (Wildman–Crippen LogP) is 3.21. The lowest BCUT2D eigenvalue weighted by atomic mass is 10.1. The summed E-state index contributed by atoms with van der Waals surface area (Å²) >= 11 is 0. The van der Waals surface area contributed by atoms with Crippen LogP contribution in [0.5, 0.6) is 11.5 Å². The number of aliphatic hydroxyl groups excluding tert-OH is 1. The highest BCUT2D eigenvalue weighted by Gasteiger charge is 2.19. The molecule has 5 heteroatoms. The third kappa shape index (κ3) is 5.88. The smallest absolute Gasteiger partial charge is 0.119 e. The van der Waals surface area contributed by atoms with E-state index in [4.69, 9.17) is 9.47 Å². The molecule has 2 aromatic carbocycles. The van der Waals surface area contributed by atoms with Crippen molar-refractivity contribution < 1.29 is 14.6 Å². The lowest BCUT2D eigenvalue weighted by molar-refractivity contribution is 0.0663. The average Bonchev–Trinajstić information content (AvgIpc) is 2.74. The van der Waals surface area contributed by atoms with E-state index in [2.05, 4.69) is 41.0 Å². The van der Waals surface area contributed by atoms with Gasteiger partial charge in [0.05, 0.1) is 7.11 Å². The summed E-state index contributed by atoms with van der Waals surface area (Å²) in [4.78, 5) is 4.68. The maximum Gasteiger partial charge on any atom is 0.119 e. The Bertz CT molecular complexity index is 695. The summed E-state index contributed by atoms with van der Waals surface area (Å²) in [6.07, 6.45) is 1.75. The van der Waals surface area contributed by atoms with Crippen LogP contribution < -0.4 is 14.4 Å². The van der Waals surface area contributed by atoms with Gasteiger partial charge in [-0.3, -0.25) is 4.90 Å². The highest BCUT2D eigenvalue weighted by molar-refractivity contribution is 5.49. The third-order valence-electron chi connectivity index (χ3n) is 5.18. The fourth-order valence-corrected chi connectivity index (χ4v) is 3.57. The molecule has 1 atom stereocenters. The Morgan fingerprint density at radius 2 is 1.57 bits per heavy atom. The second-order valence-corrected chi connectivity index (χ2v) is 7.34. The molecule has 1 aliphatic heterocycles. The molecule has 152 valence electrons. The van der Waals surface area contributed by atoms with Gasteiger partial charge in [0.2, 0.25) is 0 Å². The van der Waals surface area contributed by atoms with E-state index < -0.39 is 6.10 Å². The number of hydrogen-bond donors (Lipinski definition) is 1. The van der Waals surface area contributed by atoms with E-state index in [1.54, 1.807) is 7.11 Å². The molecular weight excluding hydrogens is 352 g/mol. The van der Waals surface area contributed by atoms with Crippen molar-refractivity contribution in [2.45, 2.75) is 25.9 Å². The topological polar surface area (TPSA) is 45.2 Å². The van der Waals surface area contributed by atoms with Gasteiger partial charge in [0.15, 0.2) is 0 Å². The van der Waals surface area contributed by atoms with Gasteiger partial charge in [-0.15, -0.1) is 0 Å². The zero-order valence-corrected chi connectivity index (χ0v) is 17.0. The summed E-state index contributed by atoms with van der Waals surface area (Å²) in [6.45, 7) is 6.94. The van der Waals surface area contributed by atoms with Crippen molar-refractivity contribution in [3.05, 3.63) is 54.1 Å². The van der Waals surface area contributed by atoms with Crippen molar-refractivity contribution in [3.63, 3.8) is 0 Å². The van der Waals surface area contributed by atoms with Crippen molar-refractivity contribution in [2.75, 3.05) is 51.3 Å². The number of methoxy groups -OCH3 is 1. The molecule has 28 heavy (non-hydrogen) atoms. The van der Waals surface area contributed by atoms with Crippen LogP contribution in [0.1, 0.15) is 18.9 Å². The number of aliphatic hydroxyl groups is 1. The second-order valence-electron chi connectivity index (χ2n) is 7.34. The van der Waals surface area contributed by atoms with Crippen LogP contribution in [0.2, 0.25) is 0 Å². The number of β-amino-alcohol motifs (C(OH)–C–C–N with tert-alkyl or cyclic N) is 1. The highest BCUT2D eigenvalue weighted by Crippen LogP contribution is 2.20. The SMILES string of the molecule is CCCc1ccc(OC[C@H](O)CN2CCN(c3ccc(OC)cc3)CC2)cc1. The van der Waals surface area contributed by atoms with Crippen LogP contribution in [0, 0.1) is 0 Å². The molecule has 0 bridgehead atoms. The van der Waals surface area contributed by atoms with Crippen LogP contribution in [-0.2, 0) is 6.42 Å². The highest BCUT2D eigenvalue weighted by atomic mass is 16.5. The summed E-state index contributed by atoms with van der Waals surface area (Å²) in [5, 5.41) is 10.3. The Morgan fingerprint density at radius 1 is 0.929 bits per heavy atom. The molecule has 3 rings (SSSR count). The molecule has 0 amide bonds. The van der Waals surface area contributed by atoms with Crippen LogP contribution in [0.25, 0.3) is 0 Å². The molecule has 0 spiro atoms. The van der Waals surface area contributed by atoms with E-state index in [-0.39, 0.29) is 0 Å². The number of benzene rings is 2. The second kappa shape index (κ2) is 10.3. The van der Waals surface area contributed by atoms with E-state index >= 15 is 0 Å². The number of hydrogen-bond acceptors (Lipinski definition) is 5. The van der Waals surface area contributed by atoms with Gasteiger partial charge in [-0.2, -0.15) is 0 Å². The maximum absolute atomic E-state index is 10.3.